The summed E-state index contributed by atoms with van der Waals surface area (Å²) in [5, 5.41) is 4.73. The van der Waals surface area contributed by atoms with E-state index < -0.39 is 0 Å². The first-order valence-corrected chi connectivity index (χ1v) is 11.0. The van der Waals surface area contributed by atoms with Gasteiger partial charge in [0.15, 0.2) is 0 Å². The molecule has 1 aromatic carbocycles. The molecule has 1 heterocycles. The van der Waals surface area contributed by atoms with E-state index in [1.54, 1.807) is 0 Å². The molecule has 1 aliphatic rings. The Labute approximate surface area is 180 Å². The molecule has 3 rings (SSSR count). The molecule has 0 spiro atoms. The van der Waals surface area contributed by atoms with Gasteiger partial charge in [-0.3, -0.25) is 0 Å². The van der Waals surface area contributed by atoms with Gasteiger partial charge in [0.1, 0.15) is 11.6 Å². The van der Waals surface area contributed by atoms with Crippen molar-refractivity contribution in [2.75, 3.05) is 12.3 Å². The second-order valence-electron chi connectivity index (χ2n) is 8.62. The number of ether oxygens (including phenoxy) is 1. The lowest BCUT2D eigenvalue weighted by Crippen LogP contribution is -2.28. The van der Waals surface area contributed by atoms with Gasteiger partial charge < -0.3 is 16.2 Å². The third-order valence-electron chi connectivity index (χ3n) is 5.91. The number of hydrogen-bond donors (Lipinski definition) is 2. The molecule has 1 aliphatic carbocycles. The molecular formula is C25H36N4O. The van der Waals surface area contributed by atoms with Gasteiger partial charge in [0.25, 0.3) is 0 Å². The molecule has 0 bridgehead atoms. The molecule has 0 amide bonds. The van der Waals surface area contributed by atoms with Crippen molar-refractivity contribution < 1.29 is 4.74 Å². The Morgan fingerprint density at radius 2 is 1.87 bits per heavy atom. The summed E-state index contributed by atoms with van der Waals surface area (Å²) in [7, 11) is 0. The predicted octanol–water partition coefficient (Wildman–Crippen LogP) is 4.95. The molecule has 0 unspecified atom stereocenters. The molecule has 1 fully saturated rings. The van der Waals surface area contributed by atoms with E-state index in [0.29, 0.717) is 17.8 Å². The van der Waals surface area contributed by atoms with Crippen molar-refractivity contribution in [3.05, 3.63) is 59.3 Å². The molecule has 162 valence electrons. The third-order valence-corrected chi connectivity index (χ3v) is 5.91. The van der Waals surface area contributed by atoms with Crippen LogP contribution in [0.25, 0.3) is 5.70 Å². The maximum absolute atomic E-state index is 6.47. The number of hydrogen-bond acceptors (Lipinski definition) is 4. The van der Waals surface area contributed by atoms with Crippen molar-refractivity contribution in [2.45, 2.75) is 65.3 Å². The number of nitrogens with two attached hydrogens (primary N) is 2. The molecule has 4 N–H and O–H groups in total. The lowest BCUT2D eigenvalue weighted by atomic mass is 9.87. The quantitative estimate of drug-likeness (QED) is 0.606. The number of benzene rings is 1. The average molecular weight is 409 g/mol. The van der Waals surface area contributed by atoms with Crippen molar-refractivity contribution in [1.82, 2.24) is 9.78 Å². The van der Waals surface area contributed by atoms with Gasteiger partial charge in [-0.15, -0.1) is 0 Å². The first-order chi connectivity index (χ1) is 14.4. The fourth-order valence-electron chi connectivity index (χ4n) is 4.15. The molecule has 2 aromatic rings. The van der Waals surface area contributed by atoms with E-state index in [1.165, 1.54) is 18.4 Å². The van der Waals surface area contributed by atoms with Gasteiger partial charge >= 0.3 is 0 Å². The van der Waals surface area contributed by atoms with Crippen LogP contribution in [0.2, 0.25) is 0 Å². The van der Waals surface area contributed by atoms with Crippen LogP contribution in [-0.2, 0) is 12.8 Å². The summed E-state index contributed by atoms with van der Waals surface area (Å²) < 4.78 is 7.86. The van der Waals surface area contributed by atoms with Gasteiger partial charge in [-0.05, 0) is 75.6 Å². The van der Waals surface area contributed by atoms with E-state index in [2.05, 4.69) is 37.8 Å². The smallest absolute Gasteiger partial charge is 0.130 e. The van der Waals surface area contributed by atoms with E-state index in [1.807, 2.05) is 24.6 Å². The minimum absolute atomic E-state index is 0.380. The molecule has 5 nitrogen and oxygen atoms in total. The zero-order valence-electron chi connectivity index (χ0n) is 18.7. The second-order valence-corrected chi connectivity index (χ2v) is 8.62. The topological polar surface area (TPSA) is 79.1 Å². The number of anilines is 1. The van der Waals surface area contributed by atoms with Crippen LogP contribution < -0.4 is 16.2 Å². The summed E-state index contributed by atoms with van der Waals surface area (Å²) in [5.41, 5.74) is 17.8. The highest BCUT2D eigenvalue weighted by Crippen LogP contribution is 2.27. The van der Waals surface area contributed by atoms with Crippen molar-refractivity contribution in [3.63, 3.8) is 0 Å². The first kappa shape index (κ1) is 22.2. The zero-order valence-corrected chi connectivity index (χ0v) is 18.7. The van der Waals surface area contributed by atoms with Crippen LogP contribution in [0.1, 0.15) is 63.3 Å². The van der Waals surface area contributed by atoms with Crippen molar-refractivity contribution >= 4 is 11.5 Å². The molecule has 0 saturated heterocycles. The van der Waals surface area contributed by atoms with Gasteiger partial charge in [0.2, 0.25) is 0 Å². The largest absolute Gasteiger partial charge is 0.493 e. The summed E-state index contributed by atoms with van der Waals surface area (Å²) in [6, 6.07) is 8.74. The number of allylic oxidation sites excluding steroid dienone is 3. The van der Waals surface area contributed by atoms with E-state index in [4.69, 9.17) is 21.3 Å². The molecule has 5 heteroatoms. The van der Waals surface area contributed by atoms with Crippen LogP contribution in [0.5, 0.6) is 5.75 Å². The Balaban J connectivity index is 1.66. The lowest BCUT2D eigenvalue weighted by Gasteiger charge is -2.25. The highest BCUT2D eigenvalue weighted by Gasteiger charge is 2.19. The molecule has 0 aliphatic heterocycles. The zero-order chi connectivity index (χ0) is 21.7. The number of nitrogens with zero attached hydrogens (tertiary/aromatic N) is 2. The van der Waals surface area contributed by atoms with E-state index in [0.717, 1.165) is 60.6 Å². The SMILES string of the molecule is C=C(C)/C=C(/C)n1nc(CC)c(Cc2ccc(OCC3CCC(N)CC3)cc2)c1N. The molecule has 1 aromatic heterocycles. The number of aromatic nitrogens is 2. The normalized spacial score (nSPS) is 19.7. The second kappa shape index (κ2) is 9.98. The fourth-order valence-corrected chi connectivity index (χ4v) is 4.15. The number of rotatable bonds is 8. The summed E-state index contributed by atoms with van der Waals surface area (Å²) in [5.74, 6) is 2.25. The van der Waals surface area contributed by atoms with E-state index >= 15 is 0 Å². The summed E-state index contributed by atoms with van der Waals surface area (Å²) in [4.78, 5) is 0. The molecule has 1 saturated carbocycles. The Morgan fingerprint density at radius 1 is 1.20 bits per heavy atom. The highest BCUT2D eigenvalue weighted by molar-refractivity contribution is 5.58. The summed E-state index contributed by atoms with van der Waals surface area (Å²) in [6.45, 7) is 10.8. The first-order valence-electron chi connectivity index (χ1n) is 11.0. The number of nitrogen functional groups attached to an aromatic ring is 1. The van der Waals surface area contributed by atoms with Gasteiger partial charge in [-0.25, -0.2) is 4.68 Å². The van der Waals surface area contributed by atoms with Gasteiger partial charge in [0, 0.05) is 23.7 Å². The Bertz CT molecular complexity index is 887. The van der Waals surface area contributed by atoms with Gasteiger partial charge in [-0.1, -0.05) is 31.2 Å². The predicted molar refractivity (Wildman–Crippen MR) is 125 cm³/mol. The van der Waals surface area contributed by atoms with Crippen LogP contribution in [0.4, 0.5) is 5.82 Å². The van der Waals surface area contributed by atoms with Crippen LogP contribution in [0.15, 0.2) is 42.5 Å². The van der Waals surface area contributed by atoms with Crippen molar-refractivity contribution in [2.24, 2.45) is 11.7 Å². The molecule has 0 atom stereocenters. The van der Waals surface area contributed by atoms with Crippen molar-refractivity contribution in [3.8, 4) is 5.75 Å². The molecular weight excluding hydrogens is 372 g/mol. The van der Waals surface area contributed by atoms with Gasteiger partial charge in [0.05, 0.1) is 12.3 Å². The van der Waals surface area contributed by atoms with E-state index in [-0.39, 0.29) is 0 Å². The maximum atomic E-state index is 6.47. The third kappa shape index (κ3) is 5.54. The standard InChI is InChI=1S/C25H36N4O/c1-5-24-23(25(27)29(28-24)18(4)14-17(2)3)15-19-8-12-22(13-9-19)30-16-20-6-10-21(26)11-7-20/h8-9,12-14,20-21H,2,5-7,10-11,15-16,26-27H2,1,3-4H3/b18-14-. The van der Waals surface area contributed by atoms with Crippen molar-refractivity contribution in [1.29, 1.82) is 0 Å². The Kier molecular flexibility index (Phi) is 7.38. The fraction of sp³-hybridized carbons (Fsp3) is 0.480. The Morgan fingerprint density at radius 3 is 2.47 bits per heavy atom. The van der Waals surface area contributed by atoms with Crippen LogP contribution in [0.3, 0.4) is 0 Å². The molecule has 30 heavy (non-hydrogen) atoms. The van der Waals surface area contributed by atoms with E-state index in [9.17, 15) is 0 Å². The monoisotopic (exact) mass is 408 g/mol. The van der Waals surface area contributed by atoms with Crippen LogP contribution >= 0.6 is 0 Å². The summed E-state index contributed by atoms with van der Waals surface area (Å²) >= 11 is 0. The lowest BCUT2D eigenvalue weighted by molar-refractivity contribution is 0.200. The van der Waals surface area contributed by atoms with Crippen LogP contribution in [0, 0.1) is 5.92 Å². The number of aryl methyl sites for hydroxylation is 1. The van der Waals surface area contributed by atoms with Crippen LogP contribution in [-0.4, -0.2) is 22.4 Å². The summed E-state index contributed by atoms with van der Waals surface area (Å²) in [6.07, 6.45) is 8.17. The Hall–Kier alpha value is -2.53. The minimum Gasteiger partial charge on any atom is -0.493 e. The highest BCUT2D eigenvalue weighted by atomic mass is 16.5. The minimum atomic E-state index is 0.380. The van der Waals surface area contributed by atoms with Gasteiger partial charge in [-0.2, -0.15) is 5.10 Å². The molecule has 0 radical (unpaired) electrons. The maximum Gasteiger partial charge on any atom is 0.130 e. The average Bonchev–Trinajstić information content (AvgIpc) is 3.04.